The van der Waals surface area contributed by atoms with E-state index in [9.17, 15) is 9.90 Å². The van der Waals surface area contributed by atoms with Crippen molar-refractivity contribution < 1.29 is 14.6 Å². The van der Waals surface area contributed by atoms with Crippen molar-refractivity contribution in [3.05, 3.63) is 34.6 Å². The average Bonchev–Trinajstić information content (AvgIpc) is 2.62. The van der Waals surface area contributed by atoms with Gasteiger partial charge in [-0.1, -0.05) is 0 Å². The van der Waals surface area contributed by atoms with E-state index in [1.54, 1.807) is 26.0 Å². The number of aromatic amines is 1. The van der Waals surface area contributed by atoms with Crippen LogP contribution in [0.3, 0.4) is 0 Å². The Bertz CT molecular complexity index is 605. The Balaban J connectivity index is 2.45. The fourth-order valence-corrected chi connectivity index (χ4v) is 1.68. The van der Waals surface area contributed by atoms with Crippen LogP contribution in [0.1, 0.15) is 27.3 Å². The van der Waals surface area contributed by atoms with Gasteiger partial charge in [-0.05, 0) is 32.4 Å². The van der Waals surface area contributed by atoms with Gasteiger partial charge < -0.3 is 9.84 Å². The van der Waals surface area contributed by atoms with Crippen molar-refractivity contribution >= 4 is 5.97 Å². The summed E-state index contributed by atoms with van der Waals surface area (Å²) < 4.78 is 5.42. The number of carboxylic acid groups (broad SMARTS) is 1. The summed E-state index contributed by atoms with van der Waals surface area (Å²) in [7, 11) is 0. The van der Waals surface area contributed by atoms with E-state index < -0.39 is 5.97 Å². The summed E-state index contributed by atoms with van der Waals surface area (Å²) in [6.45, 7) is 5.31. The standard InChI is InChI=1S/C12H13N3O3/c1-6-4-7(2)13-11(10(6)12(16)17)18-9-5-8(3)14-15-9/h4-5H,1-3H3,(H,14,15)(H,16,17). The first-order valence-electron chi connectivity index (χ1n) is 5.39. The normalized spacial score (nSPS) is 10.4. The maximum atomic E-state index is 11.2. The van der Waals surface area contributed by atoms with Crippen molar-refractivity contribution in [3.63, 3.8) is 0 Å². The first kappa shape index (κ1) is 12.1. The number of aryl methyl sites for hydroxylation is 3. The second-order valence-electron chi connectivity index (χ2n) is 4.06. The molecule has 0 aliphatic carbocycles. The molecule has 0 spiro atoms. The third-order valence-electron chi connectivity index (χ3n) is 2.41. The van der Waals surface area contributed by atoms with Gasteiger partial charge in [-0.15, -0.1) is 5.10 Å². The summed E-state index contributed by atoms with van der Waals surface area (Å²) in [5, 5.41) is 15.8. The molecule has 0 bridgehead atoms. The molecule has 0 amide bonds. The number of aromatic carboxylic acids is 1. The van der Waals surface area contributed by atoms with Crippen molar-refractivity contribution in [2.75, 3.05) is 0 Å². The molecule has 0 aliphatic rings. The molecule has 6 heteroatoms. The molecule has 6 nitrogen and oxygen atoms in total. The summed E-state index contributed by atoms with van der Waals surface area (Å²) in [6.07, 6.45) is 0. The van der Waals surface area contributed by atoms with Gasteiger partial charge in [-0.3, -0.25) is 5.10 Å². The lowest BCUT2D eigenvalue weighted by Gasteiger charge is -2.08. The van der Waals surface area contributed by atoms with Crippen LogP contribution in [0.4, 0.5) is 0 Å². The molecular formula is C12H13N3O3. The number of aromatic nitrogens is 3. The van der Waals surface area contributed by atoms with Gasteiger partial charge in [0.15, 0.2) is 0 Å². The number of nitrogens with one attached hydrogen (secondary N) is 1. The molecule has 0 saturated carbocycles. The minimum atomic E-state index is -1.07. The van der Waals surface area contributed by atoms with E-state index in [1.165, 1.54) is 0 Å². The van der Waals surface area contributed by atoms with Crippen LogP contribution in [-0.4, -0.2) is 26.3 Å². The highest BCUT2D eigenvalue weighted by atomic mass is 16.5. The van der Waals surface area contributed by atoms with E-state index in [0.29, 0.717) is 17.1 Å². The van der Waals surface area contributed by atoms with Crippen molar-refractivity contribution in [1.82, 2.24) is 15.2 Å². The minimum absolute atomic E-state index is 0.0567. The highest BCUT2D eigenvalue weighted by Crippen LogP contribution is 2.25. The van der Waals surface area contributed by atoms with Crippen molar-refractivity contribution in [2.24, 2.45) is 0 Å². The zero-order valence-corrected chi connectivity index (χ0v) is 10.3. The maximum Gasteiger partial charge on any atom is 0.341 e. The largest absolute Gasteiger partial charge is 0.477 e. The topological polar surface area (TPSA) is 88.1 Å². The molecule has 2 heterocycles. The first-order valence-corrected chi connectivity index (χ1v) is 5.39. The number of carbonyl (C=O) groups is 1. The van der Waals surface area contributed by atoms with Gasteiger partial charge >= 0.3 is 5.97 Å². The Hall–Kier alpha value is -2.37. The second-order valence-corrected chi connectivity index (χ2v) is 4.06. The third-order valence-corrected chi connectivity index (χ3v) is 2.41. The molecule has 0 aliphatic heterocycles. The number of nitrogens with zero attached hydrogens (tertiary/aromatic N) is 2. The number of H-pyrrole nitrogens is 1. The van der Waals surface area contributed by atoms with Gasteiger partial charge in [-0.2, -0.15) is 0 Å². The Kier molecular flexibility index (Phi) is 3.01. The average molecular weight is 247 g/mol. The van der Waals surface area contributed by atoms with Gasteiger partial charge in [-0.25, -0.2) is 9.78 Å². The quantitative estimate of drug-likeness (QED) is 0.868. The van der Waals surface area contributed by atoms with Gasteiger partial charge in [0.1, 0.15) is 5.56 Å². The predicted molar refractivity (Wildman–Crippen MR) is 64.1 cm³/mol. The summed E-state index contributed by atoms with van der Waals surface area (Å²) in [5.41, 5.74) is 2.18. The molecule has 2 aromatic rings. The number of rotatable bonds is 3. The molecule has 2 aromatic heterocycles. The molecule has 0 fully saturated rings. The van der Waals surface area contributed by atoms with Gasteiger partial charge in [0, 0.05) is 17.5 Å². The van der Waals surface area contributed by atoms with Crippen LogP contribution in [0.2, 0.25) is 0 Å². The van der Waals surface area contributed by atoms with E-state index in [4.69, 9.17) is 4.74 Å². The molecule has 94 valence electrons. The fourth-order valence-electron chi connectivity index (χ4n) is 1.68. The smallest absolute Gasteiger partial charge is 0.341 e. The monoisotopic (exact) mass is 247 g/mol. The van der Waals surface area contributed by atoms with E-state index in [0.717, 1.165) is 5.69 Å². The Morgan fingerprint density at radius 2 is 2.06 bits per heavy atom. The summed E-state index contributed by atoms with van der Waals surface area (Å²) in [4.78, 5) is 15.3. The Morgan fingerprint density at radius 3 is 2.61 bits per heavy atom. The Morgan fingerprint density at radius 1 is 1.33 bits per heavy atom. The molecule has 0 aromatic carbocycles. The van der Waals surface area contributed by atoms with E-state index in [1.807, 2.05) is 6.92 Å². The molecule has 0 unspecified atom stereocenters. The minimum Gasteiger partial charge on any atom is -0.477 e. The van der Waals surface area contributed by atoms with Crippen LogP contribution in [0.15, 0.2) is 12.1 Å². The summed E-state index contributed by atoms with van der Waals surface area (Å²) in [5.74, 6) is -0.707. The molecule has 0 saturated heterocycles. The first-order chi connectivity index (χ1) is 8.47. The third kappa shape index (κ3) is 2.32. The van der Waals surface area contributed by atoms with Crippen LogP contribution in [-0.2, 0) is 0 Å². The lowest BCUT2D eigenvalue weighted by molar-refractivity contribution is 0.0692. The van der Waals surface area contributed by atoms with E-state index >= 15 is 0 Å². The zero-order chi connectivity index (χ0) is 13.3. The van der Waals surface area contributed by atoms with Crippen molar-refractivity contribution in [2.45, 2.75) is 20.8 Å². The molecule has 2 rings (SSSR count). The van der Waals surface area contributed by atoms with Crippen LogP contribution in [0.25, 0.3) is 0 Å². The van der Waals surface area contributed by atoms with Crippen LogP contribution in [0.5, 0.6) is 11.8 Å². The highest BCUT2D eigenvalue weighted by Gasteiger charge is 2.18. The van der Waals surface area contributed by atoms with Crippen molar-refractivity contribution in [1.29, 1.82) is 0 Å². The number of hydrogen-bond acceptors (Lipinski definition) is 4. The number of hydrogen-bond donors (Lipinski definition) is 2. The Labute approximate surface area is 104 Å². The number of carboxylic acids is 1. The van der Waals surface area contributed by atoms with E-state index in [-0.39, 0.29) is 11.4 Å². The van der Waals surface area contributed by atoms with Crippen LogP contribution < -0.4 is 4.74 Å². The molecule has 2 N–H and O–H groups in total. The molecule has 0 radical (unpaired) electrons. The lowest BCUT2D eigenvalue weighted by Crippen LogP contribution is -2.06. The number of ether oxygens (including phenoxy) is 1. The lowest BCUT2D eigenvalue weighted by atomic mass is 10.1. The molecule has 18 heavy (non-hydrogen) atoms. The zero-order valence-electron chi connectivity index (χ0n) is 10.3. The maximum absolute atomic E-state index is 11.2. The van der Waals surface area contributed by atoms with Crippen LogP contribution >= 0.6 is 0 Å². The SMILES string of the molecule is Cc1cc(C)c(C(=O)O)c(Oc2cc(C)[nH]n2)n1. The van der Waals surface area contributed by atoms with Crippen LogP contribution in [0, 0.1) is 20.8 Å². The second kappa shape index (κ2) is 4.48. The summed E-state index contributed by atoms with van der Waals surface area (Å²) >= 11 is 0. The van der Waals surface area contributed by atoms with E-state index in [2.05, 4.69) is 15.2 Å². The number of pyridine rings is 1. The highest BCUT2D eigenvalue weighted by molar-refractivity contribution is 5.92. The van der Waals surface area contributed by atoms with Crippen molar-refractivity contribution in [3.8, 4) is 11.8 Å². The summed E-state index contributed by atoms with van der Waals surface area (Å²) in [6, 6.07) is 3.37. The molecular weight excluding hydrogens is 234 g/mol. The molecule has 0 atom stereocenters. The van der Waals surface area contributed by atoms with Gasteiger partial charge in [0.05, 0.1) is 0 Å². The van der Waals surface area contributed by atoms with Gasteiger partial charge in [0.25, 0.3) is 0 Å². The predicted octanol–water partition coefficient (Wildman–Crippen LogP) is 2.22. The fraction of sp³-hybridized carbons (Fsp3) is 0.250. The van der Waals surface area contributed by atoms with Gasteiger partial charge in [0.2, 0.25) is 11.8 Å².